The fourth-order valence-corrected chi connectivity index (χ4v) is 9.21. The molecule has 1 aromatic rings. The number of carbonyl (C=O) groups is 1. The van der Waals surface area contributed by atoms with Gasteiger partial charge in [-0.15, -0.1) is 0 Å². The molecular weight excluding hydrogens is 468 g/mol. The summed E-state index contributed by atoms with van der Waals surface area (Å²) in [6.45, 7) is 6.33. The monoisotopic (exact) mass is 514 g/mol. The minimum Gasteiger partial charge on any atom is -0.446 e. The van der Waals surface area contributed by atoms with Gasteiger partial charge >= 0.3 is 11.7 Å². The molecule has 5 rings (SSSR count). The number of hydrogen-bond donors (Lipinski definition) is 2. The van der Waals surface area contributed by atoms with Crippen LogP contribution >= 0.6 is 0 Å². The second kappa shape index (κ2) is 10.0. The Balaban J connectivity index is 1.27. The van der Waals surface area contributed by atoms with Gasteiger partial charge in [-0.3, -0.25) is 0 Å². The summed E-state index contributed by atoms with van der Waals surface area (Å²) < 4.78 is 11.2. The summed E-state index contributed by atoms with van der Waals surface area (Å²) in [4.78, 5) is 25.9. The van der Waals surface area contributed by atoms with E-state index >= 15 is 0 Å². The molecule has 37 heavy (non-hydrogen) atoms. The normalized spacial score (nSPS) is 40.8. The minimum atomic E-state index is -0.690. The molecule has 4 saturated carbocycles. The van der Waals surface area contributed by atoms with Crippen molar-refractivity contribution in [2.45, 2.75) is 95.7 Å². The molecule has 2 N–H and O–H groups in total. The van der Waals surface area contributed by atoms with Crippen LogP contribution in [-0.4, -0.2) is 55.0 Å². The van der Waals surface area contributed by atoms with Gasteiger partial charge < -0.3 is 24.5 Å². The first-order chi connectivity index (χ1) is 17.6. The second-order valence-electron chi connectivity index (χ2n) is 13.0. The van der Waals surface area contributed by atoms with Crippen LogP contribution in [0.15, 0.2) is 27.6 Å². The maximum atomic E-state index is 12.7. The summed E-state index contributed by atoms with van der Waals surface area (Å²) in [5, 5.41) is 15.5. The van der Waals surface area contributed by atoms with Gasteiger partial charge in [0.1, 0.15) is 6.10 Å². The number of aliphatic hydroxyl groups is 1. The van der Waals surface area contributed by atoms with Gasteiger partial charge in [0.2, 0.25) is 0 Å². The zero-order chi connectivity index (χ0) is 26.4. The number of carbonyl (C=O) groups excluding carboxylic acids is 1. The van der Waals surface area contributed by atoms with E-state index < -0.39 is 5.60 Å². The Hall–Kier alpha value is -1.86. The van der Waals surface area contributed by atoms with Crippen molar-refractivity contribution in [1.82, 2.24) is 10.2 Å². The lowest BCUT2D eigenvalue weighted by molar-refractivity contribution is -0.205. The van der Waals surface area contributed by atoms with Crippen molar-refractivity contribution in [3.8, 4) is 0 Å². The summed E-state index contributed by atoms with van der Waals surface area (Å²) >= 11 is 0. The van der Waals surface area contributed by atoms with Crippen LogP contribution in [0.3, 0.4) is 0 Å². The summed E-state index contributed by atoms with van der Waals surface area (Å²) in [6, 6.07) is 3.41. The smallest absolute Gasteiger partial charge is 0.409 e. The van der Waals surface area contributed by atoms with E-state index in [-0.39, 0.29) is 34.6 Å². The first-order valence-corrected chi connectivity index (χ1v) is 14.5. The molecule has 1 amide bonds. The number of amides is 1. The van der Waals surface area contributed by atoms with E-state index in [9.17, 15) is 14.7 Å². The Morgan fingerprint density at radius 3 is 2.68 bits per heavy atom. The highest BCUT2D eigenvalue weighted by molar-refractivity contribution is 5.67. The predicted octanol–water partition coefficient (Wildman–Crippen LogP) is 4.93. The number of rotatable bonds is 6. The van der Waals surface area contributed by atoms with E-state index in [1.54, 1.807) is 11.2 Å². The number of nitrogens with one attached hydrogen (secondary N) is 1. The highest BCUT2D eigenvalue weighted by Gasteiger charge is 2.67. The molecule has 0 radical (unpaired) electrons. The Morgan fingerprint density at radius 2 is 1.95 bits per heavy atom. The van der Waals surface area contributed by atoms with Gasteiger partial charge in [0.05, 0.1) is 11.9 Å². The molecule has 4 fully saturated rings. The fraction of sp³-hybridized carbons (Fsp3) is 0.800. The van der Waals surface area contributed by atoms with Gasteiger partial charge in [-0.25, -0.2) is 9.59 Å². The van der Waals surface area contributed by atoms with Gasteiger partial charge in [0.15, 0.2) is 0 Å². The lowest BCUT2D eigenvalue weighted by Crippen LogP contribution is -2.62. The molecule has 1 heterocycles. The highest BCUT2D eigenvalue weighted by atomic mass is 16.6. The van der Waals surface area contributed by atoms with E-state index in [4.69, 9.17) is 9.15 Å². The molecule has 0 spiro atoms. The van der Waals surface area contributed by atoms with Crippen molar-refractivity contribution in [3.05, 3.63) is 34.4 Å². The van der Waals surface area contributed by atoms with Crippen molar-refractivity contribution in [2.75, 3.05) is 27.2 Å². The summed E-state index contributed by atoms with van der Waals surface area (Å²) in [5.41, 5.74) is 0.0130. The predicted molar refractivity (Wildman–Crippen MR) is 142 cm³/mol. The van der Waals surface area contributed by atoms with Crippen LogP contribution in [0.5, 0.6) is 0 Å². The third-order valence-electron chi connectivity index (χ3n) is 11.4. The Morgan fingerprint density at radius 1 is 1.14 bits per heavy atom. The van der Waals surface area contributed by atoms with Crippen LogP contribution in [0.2, 0.25) is 0 Å². The number of nitrogens with zero attached hydrogens (tertiary/aromatic N) is 1. The largest absolute Gasteiger partial charge is 0.446 e. The molecule has 0 aromatic carbocycles. The molecule has 7 heteroatoms. The second-order valence-corrected chi connectivity index (χ2v) is 13.0. The van der Waals surface area contributed by atoms with E-state index in [0.29, 0.717) is 24.3 Å². The zero-order valence-corrected chi connectivity index (χ0v) is 23.1. The van der Waals surface area contributed by atoms with E-state index in [1.807, 2.05) is 20.2 Å². The van der Waals surface area contributed by atoms with Crippen LogP contribution in [0.25, 0.3) is 0 Å². The molecule has 0 saturated heterocycles. The van der Waals surface area contributed by atoms with Crippen LogP contribution < -0.4 is 10.9 Å². The van der Waals surface area contributed by atoms with Gasteiger partial charge in [-0.05, 0) is 119 Å². The van der Waals surface area contributed by atoms with Crippen LogP contribution in [0.1, 0.15) is 89.5 Å². The van der Waals surface area contributed by atoms with Crippen molar-refractivity contribution in [2.24, 2.45) is 28.6 Å². The van der Waals surface area contributed by atoms with Gasteiger partial charge in [0, 0.05) is 25.1 Å². The molecule has 4 aliphatic carbocycles. The first kappa shape index (κ1) is 26.7. The molecular formula is C30H46N2O5. The third-order valence-corrected chi connectivity index (χ3v) is 11.4. The fourth-order valence-electron chi connectivity index (χ4n) is 9.21. The summed E-state index contributed by atoms with van der Waals surface area (Å²) in [6.07, 6.45) is 11.2. The third kappa shape index (κ3) is 4.44. The zero-order valence-electron chi connectivity index (χ0n) is 23.1. The van der Waals surface area contributed by atoms with Gasteiger partial charge in [-0.1, -0.05) is 13.8 Å². The maximum Gasteiger partial charge on any atom is 0.409 e. The van der Waals surface area contributed by atoms with Gasteiger partial charge in [0.25, 0.3) is 0 Å². The average Bonchev–Trinajstić information content (AvgIpc) is 3.16. The van der Waals surface area contributed by atoms with Crippen molar-refractivity contribution in [3.63, 3.8) is 0 Å². The van der Waals surface area contributed by atoms with Crippen molar-refractivity contribution < 1.29 is 19.1 Å². The van der Waals surface area contributed by atoms with Crippen molar-refractivity contribution >= 4 is 6.09 Å². The molecule has 0 bridgehead atoms. The van der Waals surface area contributed by atoms with E-state index in [2.05, 4.69) is 19.2 Å². The van der Waals surface area contributed by atoms with Crippen LogP contribution in [0, 0.1) is 28.6 Å². The lowest BCUT2D eigenvalue weighted by Gasteiger charge is -2.63. The molecule has 206 valence electrons. The Bertz CT molecular complexity index is 1020. The quantitative estimate of drug-likeness (QED) is 0.523. The first-order valence-electron chi connectivity index (χ1n) is 14.5. The standard InChI is InChI=1S/C30H46N2O5/c1-28-13-10-22(37-27(34)32(4)17-5-16-31-3)18-21(28)7-8-25-24(28)11-14-29(2)23(12-15-30(25,29)35)20-6-9-26(33)36-19-20/h6,9,19,21-25,31,35H,5,7-8,10-18H2,1-4H3/t21-,22+,23-,24+,25-,28+,29-,30+/m1/s1. The minimum absolute atomic E-state index is 0.00517. The van der Waals surface area contributed by atoms with Gasteiger partial charge in [-0.2, -0.15) is 0 Å². The number of ether oxygens (including phenoxy) is 1. The van der Waals surface area contributed by atoms with Crippen LogP contribution in [0.4, 0.5) is 4.79 Å². The van der Waals surface area contributed by atoms with Crippen molar-refractivity contribution in [1.29, 1.82) is 0 Å². The Labute approximate surface area is 221 Å². The average molecular weight is 515 g/mol. The molecule has 8 atom stereocenters. The summed E-state index contributed by atoms with van der Waals surface area (Å²) in [5.74, 6) is 1.54. The molecule has 1 aromatic heterocycles. The molecule has 4 aliphatic rings. The highest BCUT2D eigenvalue weighted by Crippen LogP contribution is 2.70. The number of hydrogen-bond acceptors (Lipinski definition) is 6. The summed E-state index contributed by atoms with van der Waals surface area (Å²) in [7, 11) is 3.75. The van der Waals surface area contributed by atoms with E-state index in [0.717, 1.165) is 76.3 Å². The topological polar surface area (TPSA) is 92.0 Å². The van der Waals surface area contributed by atoms with Crippen LogP contribution in [-0.2, 0) is 4.74 Å². The maximum absolute atomic E-state index is 12.7. The Kier molecular flexibility index (Phi) is 7.25. The lowest BCUT2D eigenvalue weighted by atomic mass is 9.43. The molecule has 7 nitrogen and oxygen atoms in total. The SMILES string of the molecule is CNCCCN(C)C(=O)O[C@H]1CC[C@@]2(C)[C@H](CC[C@@H]3[C@@H]2CC[C@]2(C)[C@@H](c4ccc(=O)oc4)CC[C@]32O)C1. The molecule has 0 unspecified atom stereocenters. The molecule has 0 aliphatic heterocycles. The number of fused-ring (bicyclic) bond motifs is 5. The van der Waals surface area contributed by atoms with E-state index in [1.165, 1.54) is 6.07 Å².